The molecule has 1 unspecified atom stereocenters. The summed E-state index contributed by atoms with van der Waals surface area (Å²) < 4.78 is 5.64. The number of hydrogen-bond donors (Lipinski definition) is 1. The fourth-order valence-corrected chi connectivity index (χ4v) is 3.15. The molecule has 1 aliphatic heterocycles. The molecule has 0 spiro atoms. The second-order valence-corrected chi connectivity index (χ2v) is 6.10. The molecule has 1 saturated heterocycles. The minimum absolute atomic E-state index is 0.246. The Bertz CT molecular complexity index is 331. The monoisotopic (exact) mass is 251 g/mol. The van der Waals surface area contributed by atoms with Crippen LogP contribution >= 0.6 is 11.8 Å². The predicted octanol–water partition coefficient (Wildman–Crippen LogP) is 3.32. The number of ether oxygens (including phenoxy) is 1. The lowest BCUT2D eigenvalue weighted by Crippen LogP contribution is -2.31. The van der Waals surface area contributed by atoms with Crippen LogP contribution in [0.3, 0.4) is 0 Å². The summed E-state index contributed by atoms with van der Waals surface area (Å²) in [4.78, 5) is 1.34. The first-order valence-electron chi connectivity index (χ1n) is 6.38. The van der Waals surface area contributed by atoms with E-state index in [-0.39, 0.29) is 6.10 Å². The standard InChI is InChI=1S/C14H21NOS/c1-11(2)16-12-5-7-13(8-6-12)17-14-4-3-9-15-10-14/h5-8,11,14-15H,3-4,9-10H2,1-2H3. The van der Waals surface area contributed by atoms with E-state index in [1.54, 1.807) is 0 Å². The molecular formula is C14H21NOS. The van der Waals surface area contributed by atoms with Crippen LogP contribution in [-0.2, 0) is 0 Å². The van der Waals surface area contributed by atoms with Gasteiger partial charge in [0, 0.05) is 16.7 Å². The molecule has 1 aromatic carbocycles. The maximum atomic E-state index is 5.64. The van der Waals surface area contributed by atoms with E-state index in [0.29, 0.717) is 0 Å². The molecule has 1 heterocycles. The first-order chi connectivity index (χ1) is 8.24. The van der Waals surface area contributed by atoms with Crippen LogP contribution in [-0.4, -0.2) is 24.4 Å². The highest BCUT2D eigenvalue weighted by Crippen LogP contribution is 2.28. The van der Waals surface area contributed by atoms with Gasteiger partial charge in [0.2, 0.25) is 0 Å². The first kappa shape index (κ1) is 12.8. The molecule has 2 rings (SSSR count). The highest BCUT2D eigenvalue weighted by molar-refractivity contribution is 8.00. The minimum Gasteiger partial charge on any atom is -0.491 e. The zero-order valence-electron chi connectivity index (χ0n) is 10.6. The summed E-state index contributed by atoms with van der Waals surface area (Å²) in [5.74, 6) is 0.964. The van der Waals surface area contributed by atoms with E-state index in [1.807, 2.05) is 11.8 Å². The van der Waals surface area contributed by atoms with Crippen molar-refractivity contribution in [3.8, 4) is 5.75 Å². The summed E-state index contributed by atoms with van der Waals surface area (Å²) >= 11 is 1.97. The Labute approximate surface area is 108 Å². The maximum Gasteiger partial charge on any atom is 0.119 e. The van der Waals surface area contributed by atoms with E-state index in [9.17, 15) is 0 Å². The van der Waals surface area contributed by atoms with Gasteiger partial charge in [-0.1, -0.05) is 0 Å². The molecule has 0 saturated carbocycles. The summed E-state index contributed by atoms with van der Waals surface area (Å²) in [5.41, 5.74) is 0. The summed E-state index contributed by atoms with van der Waals surface area (Å²) in [6.07, 6.45) is 2.87. The lowest BCUT2D eigenvalue weighted by molar-refractivity contribution is 0.242. The summed E-state index contributed by atoms with van der Waals surface area (Å²) in [6.45, 7) is 6.42. The van der Waals surface area contributed by atoms with Crippen molar-refractivity contribution in [2.45, 2.75) is 42.9 Å². The van der Waals surface area contributed by atoms with Gasteiger partial charge in [-0.2, -0.15) is 0 Å². The number of nitrogens with one attached hydrogen (secondary N) is 1. The lowest BCUT2D eigenvalue weighted by atomic mass is 10.2. The molecule has 1 N–H and O–H groups in total. The smallest absolute Gasteiger partial charge is 0.119 e. The molecule has 3 heteroatoms. The quantitative estimate of drug-likeness (QED) is 0.887. The molecule has 1 atom stereocenters. The van der Waals surface area contributed by atoms with Gasteiger partial charge in [0.1, 0.15) is 5.75 Å². The van der Waals surface area contributed by atoms with Crippen molar-refractivity contribution in [2.24, 2.45) is 0 Å². The normalized spacial score (nSPS) is 20.5. The Morgan fingerprint density at radius 1 is 1.29 bits per heavy atom. The molecule has 94 valence electrons. The highest BCUT2D eigenvalue weighted by atomic mass is 32.2. The van der Waals surface area contributed by atoms with Crippen molar-refractivity contribution in [3.05, 3.63) is 24.3 Å². The van der Waals surface area contributed by atoms with Crippen molar-refractivity contribution >= 4 is 11.8 Å². The molecule has 0 radical (unpaired) electrons. The van der Waals surface area contributed by atoms with E-state index in [2.05, 4.69) is 43.4 Å². The summed E-state index contributed by atoms with van der Waals surface area (Å²) in [7, 11) is 0. The van der Waals surface area contributed by atoms with Gasteiger partial charge in [-0.05, 0) is 57.5 Å². The van der Waals surface area contributed by atoms with E-state index in [0.717, 1.165) is 17.5 Å². The van der Waals surface area contributed by atoms with Crippen LogP contribution in [0.5, 0.6) is 5.75 Å². The van der Waals surface area contributed by atoms with Crippen molar-refractivity contribution in [1.82, 2.24) is 5.32 Å². The molecule has 0 bridgehead atoms. The van der Waals surface area contributed by atoms with Gasteiger partial charge in [0.25, 0.3) is 0 Å². The van der Waals surface area contributed by atoms with Gasteiger partial charge < -0.3 is 10.1 Å². The molecule has 1 aromatic rings. The Balaban J connectivity index is 1.88. The van der Waals surface area contributed by atoms with Gasteiger partial charge in [-0.25, -0.2) is 0 Å². The van der Waals surface area contributed by atoms with Crippen LogP contribution in [0.2, 0.25) is 0 Å². The predicted molar refractivity (Wildman–Crippen MR) is 74.0 cm³/mol. The van der Waals surface area contributed by atoms with Crippen LogP contribution in [0, 0.1) is 0 Å². The Kier molecular flexibility index (Phi) is 4.75. The van der Waals surface area contributed by atoms with Crippen LogP contribution in [0.1, 0.15) is 26.7 Å². The second-order valence-electron chi connectivity index (χ2n) is 4.72. The molecule has 0 amide bonds. The fourth-order valence-electron chi connectivity index (χ4n) is 1.98. The van der Waals surface area contributed by atoms with Crippen molar-refractivity contribution in [3.63, 3.8) is 0 Å². The molecule has 17 heavy (non-hydrogen) atoms. The third-order valence-electron chi connectivity index (χ3n) is 2.75. The average Bonchev–Trinajstić information content (AvgIpc) is 2.32. The highest BCUT2D eigenvalue weighted by Gasteiger charge is 2.13. The zero-order chi connectivity index (χ0) is 12.1. The first-order valence-corrected chi connectivity index (χ1v) is 7.26. The molecule has 1 fully saturated rings. The molecular weight excluding hydrogens is 230 g/mol. The third-order valence-corrected chi connectivity index (χ3v) is 4.03. The van der Waals surface area contributed by atoms with E-state index < -0.39 is 0 Å². The lowest BCUT2D eigenvalue weighted by Gasteiger charge is -2.22. The Hall–Kier alpha value is -0.670. The average molecular weight is 251 g/mol. The van der Waals surface area contributed by atoms with Gasteiger partial charge >= 0.3 is 0 Å². The Morgan fingerprint density at radius 2 is 2.06 bits per heavy atom. The van der Waals surface area contributed by atoms with Crippen LogP contribution in [0.25, 0.3) is 0 Å². The molecule has 0 aromatic heterocycles. The van der Waals surface area contributed by atoms with Crippen molar-refractivity contribution in [2.75, 3.05) is 13.1 Å². The van der Waals surface area contributed by atoms with E-state index in [1.165, 1.54) is 24.3 Å². The number of hydrogen-bond acceptors (Lipinski definition) is 3. The number of rotatable bonds is 4. The zero-order valence-corrected chi connectivity index (χ0v) is 11.4. The topological polar surface area (TPSA) is 21.3 Å². The number of piperidine rings is 1. The fraction of sp³-hybridized carbons (Fsp3) is 0.571. The van der Waals surface area contributed by atoms with Gasteiger partial charge in [-0.3, -0.25) is 0 Å². The maximum absolute atomic E-state index is 5.64. The Morgan fingerprint density at radius 3 is 2.65 bits per heavy atom. The SMILES string of the molecule is CC(C)Oc1ccc(SC2CCCNC2)cc1. The second kappa shape index (κ2) is 6.31. The molecule has 2 nitrogen and oxygen atoms in total. The van der Waals surface area contributed by atoms with Crippen LogP contribution < -0.4 is 10.1 Å². The molecule has 1 aliphatic rings. The van der Waals surface area contributed by atoms with Gasteiger partial charge in [0.05, 0.1) is 6.10 Å². The van der Waals surface area contributed by atoms with E-state index in [4.69, 9.17) is 4.74 Å². The van der Waals surface area contributed by atoms with Crippen LogP contribution in [0.15, 0.2) is 29.2 Å². The van der Waals surface area contributed by atoms with Crippen molar-refractivity contribution in [1.29, 1.82) is 0 Å². The minimum atomic E-state index is 0.246. The number of thioether (sulfide) groups is 1. The van der Waals surface area contributed by atoms with Crippen LogP contribution in [0.4, 0.5) is 0 Å². The summed E-state index contributed by atoms with van der Waals surface area (Å²) in [5, 5.41) is 4.17. The van der Waals surface area contributed by atoms with Gasteiger partial charge in [-0.15, -0.1) is 11.8 Å². The van der Waals surface area contributed by atoms with Crippen molar-refractivity contribution < 1.29 is 4.74 Å². The largest absolute Gasteiger partial charge is 0.491 e. The summed E-state index contributed by atoms with van der Waals surface area (Å²) in [6, 6.07) is 8.46. The third kappa shape index (κ3) is 4.25. The molecule has 0 aliphatic carbocycles. The van der Waals surface area contributed by atoms with Gasteiger partial charge in [0.15, 0.2) is 0 Å². The van der Waals surface area contributed by atoms with E-state index >= 15 is 0 Å². The number of benzene rings is 1.